The topological polar surface area (TPSA) is 24.5 Å². The van der Waals surface area contributed by atoms with E-state index in [0.717, 1.165) is 38.8 Å². The summed E-state index contributed by atoms with van der Waals surface area (Å²) in [6, 6.07) is 8.71. The number of hydrogen-bond donors (Lipinski definition) is 1. The molecule has 0 spiro atoms. The molecule has 3 rings (SSSR count). The Morgan fingerprint density at radius 2 is 1.80 bits per heavy atom. The first-order valence-corrected chi connectivity index (χ1v) is 8.09. The van der Waals surface area contributed by atoms with E-state index in [2.05, 4.69) is 34.5 Å². The second-order valence-electron chi connectivity index (χ2n) is 6.00. The molecule has 2 aliphatic rings. The van der Waals surface area contributed by atoms with E-state index in [4.69, 9.17) is 4.74 Å². The SMILES string of the molecule is c1ccc(N2CCOCC2)c(NCC2CCCCC2)c1. The summed E-state index contributed by atoms with van der Waals surface area (Å²) < 4.78 is 5.45. The Kier molecular flexibility index (Phi) is 4.80. The molecular weight excluding hydrogens is 248 g/mol. The molecule has 110 valence electrons. The Bertz CT molecular complexity index is 409. The maximum atomic E-state index is 5.45. The number of ether oxygens (including phenoxy) is 1. The van der Waals surface area contributed by atoms with Gasteiger partial charge in [-0.05, 0) is 30.9 Å². The third-order valence-corrected chi connectivity index (χ3v) is 4.56. The molecule has 1 aromatic carbocycles. The summed E-state index contributed by atoms with van der Waals surface area (Å²) in [5.41, 5.74) is 2.63. The molecular formula is C17H26N2O. The van der Waals surface area contributed by atoms with Crippen LogP contribution in [0.4, 0.5) is 11.4 Å². The molecule has 3 nitrogen and oxygen atoms in total. The number of nitrogens with zero attached hydrogens (tertiary/aromatic N) is 1. The van der Waals surface area contributed by atoms with Crippen LogP contribution in [0.15, 0.2) is 24.3 Å². The van der Waals surface area contributed by atoms with E-state index >= 15 is 0 Å². The van der Waals surface area contributed by atoms with Crippen LogP contribution in [0.3, 0.4) is 0 Å². The maximum absolute atomic E-state index is 5.45. The molecule has 0 bridgehead atoms. The average molecular weight is 274 g/mol. The van der Waals surface area contributed by atoms with Crippen LogP contribution in [0.5, 0.6) is 0 Å². The van der Waals surface area contributed by atoms with E-state index in [1.807, 2.05) is 0 Å². The van der Waals surface area contributed by atoms with E-state index in [1.54, 1.807) is 0 Å². The zero-order valence-corrected chi connectivity index (χ0v) is 12.3. The van der Waals surface area contributed by atoms with Crippen LogP contribution >= 0.6 is 0 Å². The lowest BCUT2D eigenvalue weighted by Crippen LogP contribution is -2.36. The molecule has 1 heterocycles. The third kappa shape index (κ3) is 3.45. The van der Waals surface area contributed by atoms with Gasteiger partial charge in [0.2, 0.25) is 0 Å². The molecule has 1 aromatic rings. The van der Waals surface area contributed by atoms with Crippen molar-refractivity contribution in [3.63, 3.8) is 0 Å². The van der Waals surface area contributed by atoms with Crippen LogP contribution in [-0.2, 0) is 4.74 Å². The van der Waals surface area contributed by atoms with Crippen LogP contribution in [0, 0.1) is 5.92 Å². The van der Waals surface area contributed by atoms with Crippen LogP contribution in [0.25, 0.3) is 0 Å². The highest BCUT2D eigenvalue weighted by Crippen LogP contribution is 2.28. The summed E-state index contributed by atoms with van der Waals surface area (Å²) in [4.78, 5) is 2.44. The summed E-state index contributed by atoms with van der Waals surface area (Å²) >= 11 is 0. The maximum Gasteiger partial charge on any atom is 0.0642 e. The number of rotatable bonds is 4. The van der Waals surface area contributed by atoms with Gasteiger partial charge < -0.3 is 15.0 Å². The van der Waals surface area contributed by atoms with Crippen LogP contribution in [-0.4, -0.2) is 32.8 Å². The second-order valence-corrected chi connectivity index (χ2v) is 6.00. The summed E-state index contributed by atoms with van der Waals surface area (Å²) in [5, 5.41) is 3.70. The molecule has 1 saturated carbocycles. The molecule has 0 radical (unpaired) electrons. The molecule has 0 atom stereocenters. The van der Waals surface area contributed by atoms with Crippen molar-refractivity contribution in [1.82, 2.24) is 0 Å². The van der Waals surface area contributed by atoms with E-state index in [9.17, 15) is 0 Å². The first-order valence-electron chi connectivity index (χ1n) is 8.09. The monoisotopic (exact) mass is 274 g/mol. The van der Waals surface area contributed by atoms with Gasteiger partial charge in [-0.15, -0.1) is 0 Å². The Hall–Kier alpha value is -1.22. The Morgan fingerprint density at radius 3 is 2.60 bits per heavy atom. The van der Waals surface area contributed by atoms with Gasteiger partial charge in [0.15, 0.2) is 0 Å². The van der Waals surface area contributed by atoms with Gasteiger partial charge in [0.1, 0.15) is 0 Å². The molecule has 1 aliphatic carbocycles. The van der Waals surface area contributed by atoms with Gasteiger partial charge in [0, 0.05) is 19.6 Å². The largest absolute Gasteiger partial charge is 0.383 e. The van der Waals surface area contributed by atoms with Crippen molar-refractivity contribution in [3.8, 4) is 0 Å². The van der Waals surface area contributed by atoms with Crippen molar-refractivity contribution < 1.29 is 4.74 Å². The first-order chi connectivity index (χ1) is 9.93. The fraction of sp³-hybridized carbons (Fsp3) is 0.647. The fourth-order valence-corrected chi connectivity index (χ4v) is 3.35. The third-order valence-electron chi connectivity index (χ3n) is 4.56. The minimum absolute atomic E-state index is 0.844. The van der Waals surface area contributed by atoms with Gasteiger partial charge in [-0.3, -0.25) is 0 Å². The second kappa shape index (κ2) is 6.98. The van der Waals surface area contributed by atoms with Crippen LogP contribution in [0.1, 0.15) is 32.1 Å². The average Bonchev–Trinajstić information content (AvgIpc) is 2.55. The van der Waals surface area contributed by atoms with Crippen LogP contribution < -0.4 is 10.2 Å². The zero-order chi connectivity index (χ0) is 13.6. The smallest absolute Gasteiger partial charge is 0.0642 e. The molecule has 1 N–H and O–H groups in total. The number of nitrogens with one attached hydrogen (secondary N) is 1. The molecule has 1 saturated heterocycles. The number of benzene rings is 1. The molecule has 0 unspecified atom stereocenters. The first kappa shape index (κ1) is 13.7. The fourth-order valence-electron chi connectivity index (χ4n) is 3.35. The number of anilines is 2. The van der Waals surface area contributed by atoms with Crippen molar-refractivity contribution in [2.24, 2.45) is 5.92 Å². The van der Waals surface area contributed by atoms with Gasteiger partial charge in [0.25, 0.3) is 0 Å². The molecule has 1 aliphatic heterocycles. The summed E-state index contributed by atoms with van der Waals surface area (Å²) in [7, 11) is 0. The van der Waals surface area contributed by atoms with E-state index < -0.39 is 0 Å². The minimum atomic E-state index is 0.844. The molecule has 0 aromatic heterocycles. The predicted molar refractivity (Wildman–Crippen MR) is 84.5 cm³/mol. The Morgan fingerprint density at radius 1 is 1.05 bits per heavy atom. The highest BCUT2D eigenvalue weighted by molar-refractivity contribution is 5.70. The molecule has 3 heteroatoms. The quantitative estimate of drug-likeness (QED) is 0.909. The summed E-state index contributed by atoms with van der Waals surface area (Å²) in [6.07, 6.45) is 7.05. The lowest BCUT2D eigenvalue weighted by atomic mass is 9.89. The van der Waals surface area contributed by atoms with E-state index in [-0.39, 0.29) is 0 Å². The molecule has 0 amide bonds. The zero-order valence-electron chi connectivity index (χ0n) is 12.3. The van der Waals surface area contributed by atoms with Gasteiger partial charge >= 0.3 is 0 Å². The van der Waals surface area contributed by atoms with Gasteiger partial charge in [-0.25, -0.2) is 0 Å². The van der Waals surface area contributed by atoms with E-state index in [1.165, 1.54) is 43.5 Å². The van der Waals surface area contributed by atoms with Gasteiger partial charge in [-0.1, -0.05) is 31.4 Å². The van der Waals surface area contributed by atoms with Crippen molar-refractivity contribution >= 4 is 11.4 Å². The highest BCUT2D eigenvalue weighted by Gasteiger charge is 2.16. The minimum Gasteiger partial charge on any atom is -0.383 e. The van der Waals surface area contributed by atoms with E-state index in [0.29, 0.717) is 0 Å². The summed E-state index contributed by atoms with van der Waals surface area (Å²) in [5.74, 6) is 0.862. The summed E-state index contributed by atoms with van der Waals surface area (Å²) in [6.45, 7) is 4.82. The van der Waals surface area contributed by atoms with Crippen molar-refractivity contribution in [2.45, 2.75) is 32.1 Å². The standard InChI is InChI=1S/C17H26N2O/c1-2-6-15(7-3-1)14-18-16-8-4-5-9-17(16)19-10-12-20-13-11-19/h4-5,8-9,15,18H,1-3,6-7,10-14H2. The number of hydrogen-bond acceptors (Lipinski definition) is 3. The van der Waals surface area contributed by atoms with Crippen LogP contribution in [0.2, 0.25) is 0 Å². The predicted octanol–water partition coefficient (Wildman–Crippen LogP) is 3.52. The number of para-hydroxylation sites is 2. The Balaban J connectivity index is 1.62. The van der Waals surface area contributed by atoms with Gasteiger partial charge in [0.05, 0.1) is 24.6 Å². The highest BCUT2D eigenvalue weighted by atomic mass is 16.5. The lowest BCUT2D eigenvalue weighted by Gasteiger charge is -2.31. The van der Waals surface area contributed by atoms with Crippen molar-refractivity contribution in [3.05, 3.63) is 24.3 Å². The Labute approximate surface area is 122 Å². The van der Waals surface area contributed by atoms with Gasteiger partial charge in [-0.2, -0.15) is 0 Å². The normalized spacial score (nSPS) is 20.9. The molecule has 20 heavy (non-hydrogen) atoms. The number of morpholine rings is 1. The molecule has 2 fully saturated rings. The lowest BCUT2D eigenvalue weighted by molar-refractivity contribution is 0.123. The van der Waals surface area contributed by atoms with Crippen molar-refractivity contribution in [1.29, 1.82) is 0 Å². The van der Waals surface area contributed by atoms with Crippen molar-refractivity contribution in [2.75, 3.05) is 43.1 Å².